The first-order chi connectivity index (χ1) is 14.5. The molecule has 8 heteroatoms. The highest BCUT2D eigenvalue weighted by atomic mass is 32.2. The van der Waals surface area contributed by atoms with Gasteiger partial charge in [0.15, 0.2) is 11.5 Å². The fourth-order valence-corrected chi connectivity index (χ4v) is 3.68. The van der Waals surface area contributed by atoms with Crippen molar-refractivity contribution in [1.82, 2.24) is 25.2 Å². The molecule has 0 saturated heterocycles. The minimum Gasteiger partial charge on any atom is -0.344 e. The summed E-state index contributed by atoms with van der Waals surface area (Å²) in [5, 5.41) is 14.5. The van der Waals surface area contributed by atoms with Crippen LogP contribution in [-0.2, 0) is 4.79 Å². The lowest BCUT2D eigenvalue weighted by Gasteiger charge is -2.25. The first-order valence-corrected chi connectivity index (χ1v) is 11.4. The van der Waals surface area contributed by atoms with E-state index in [0.29, 0.717) is 17.8 Å². The van der Waals surface area contributed by atoms with E-state index >= 15 is 0 Å². The number of amides is 2. The van der Waals surface area contributed by atoms with E-state index in [2.05, 4.69) is 20.8 Å². The number of carbonyl (C=O) groups excluding carboxylic acids is 2. The molecular formula is C22H27N5O2S. The number of benzene rings is 1. The molecule has 0 saturated carbocycles. The van der Waals surface area contributed by atoms with Gasteiger partial charge in [-0.2, -0.15) is 11.8 Å². The molecule has 2 heterocycles. The summed E-state index contributed by atoms with van der Waals surface area (Å²) in [4.78, 5) is 25.8. The second-order valence-electron chi connectivity index (χ2n) is 7.39. The Bertz CT molecular complexity index is 989. The minimum atomic E-state index is -0.659. The summed E-state index contributed by atoms with van der Waals surface area (Å²) >= 11 is 1.70. The number of hydrogen-bond donors (Lipinski definition) is 2. The molecule has 0 radical (unpaired) electrons. The van der Waals surface area contributed by atoms with Gasteiger partial charge in [0.1, 0.15) is 6.04 Å². The van der Waals surface area contributed by atoms with Gasteiger partial charge in [-0.15, -0.1) is 10.2 Å². The number of thioether (sulfide) groups is 1. The SMILES string of the molecule is CSCC[C@H](NC(=O)C(NC(=O)c1ccccc1)C(C)C)c1nnc2ccccn12. The van der Waals surface area contributed by atoms with Crippen LogP contribution < -0.4 is 10.6 Å². The van der Waals surface area contributed by atoms with Crippen LogP contribution in [0.2, 0.25) is 0 Å². The average molecular weight is 426 g/mol. The Balaban J connectivity index is 1.79. The monoisotopic (exact) mass is 425 g/mol. The molecular weight excluding hydrogens is 398 g/mol. The van der Waals surface area contributed by atoms with Gasteiger partial charge in [0, 0.05) is 11.8 Å². The van der Waals surface area contributed by atoms with E-state index in [0.717, 1.165) is 11.4 Å². The van der Waals surface area contributed by atoms with E-state index in [4.69, 9.17) is 0 Å². The zero-order chi connectivity index (χ0) is 21.5. The Labute approximate surface area is 180 Å². The summed E-state index contributed by atoms with van der Waals surface area (Å²) in [6.07, 6.45) is 4.62. The van der Waals surface area contributed by atoms with Crippen molar-refractivity contribution < 1.29 is 9.59 Å². The molecule has 30 heavy (non-hydrogen) atoms. The standard InChI is InChI=1S/C22H27N5O2S/c1-15(2)19(24-21(28)16-9-5-4-6-10-16)22(29)23-17(12-14-30-3)20-26-25-18-11-7-8-13-27(18)20/h4-11,13,15,17,19H,12,14H2,1-3H3,(H,23,29)(H,24,28)/t17-,19?/m0/s1. The summed E-state index contributed by atoms with van der Waals surface area (Å²) in [7, 11) is 0. The zero-order valence-electron chi connectivity index (χ0n) is 17.4. The highest BCUT2D eigenvalue weighted by Crippen LogP contribution is 2.19. The second kappa shape index (κ2) is 10.2. The summed E-state index contributed by atoms with van der Waals surface area (Å²) in [5.74, 6) is 0.972. The molecule has 3 rings (SSSR count). The van der Waals surface area contributed by atoms with Gasteiger partial charge in [-0.3, -0.25) is 14.0 Å². The number of nitrogens with one attached hydrogen (secondary N) is 2. The van der Waals surface area contributed by atoms with E-state index in [-0.39, 0.29) is 23.8 Å². The molecule has 158 valence electrons. The lowest BCUT2D eigenvalue weighted by molar-refractivity contribution is -0.124. The molecule has 2 atom stereocenters. The highest BCUT2D eigenvalue weighted by molar-refractivity contribution is 7.98. The van der Waals surface area contributed by atoms with Crippen molar-refractivity contribution >= 4 is 29.2 Å². The van der Waals surface area contributed by atoms with Crippen LogP contribution >= 0.6 is 11.8 Å². The molecule has 2 N–H and O–H groups in total. The van der Waals surface area contributed by atoms with Gasteiger partial charge < -0.3 is 10.6 Å². The van der Waals surface area contributed by atoms with Gasteiger partial charge in [0.2, 0.25) is 5.91 Å². The lowest BCUT2D eigenvalue weighted by atomic mass is 10.0. The van der Waals surface area contributed by atoms with Gasteiger partial charge in [-0.05, 0) is 48.6 Å². The quantitative estimate of drug-likeness (QED) is 0.550. The Morgan fingerprint density at radius 1 is 1.03 bits per heavy atom. The molecule has 2 aromatic heterocycles. The van der Waals surface area contributed by atoms with Crippen LogP contribution in [-0.4, -0.2) is 44.5 Å². The van der Waals surface area contributed by atoms with Crippen molar-refractivity contribution in [3.63, 3.8) is 0 Å². The summed E-state index contributed by atoms with van der Waals surface area (Å²) in [6, 6.07) is 13.6. The minimum absolute atomic E-state index is 0.0750. The number of nitrogens with zero attached hydrogens (tertiary/aromatic N) is 3. The van der Waals surface area contributed by atoms with Gasteiger partial charge in [0.25, 0.3) is 5.91 Å². The van der Waals surface area contributed by atoms with E-state index < -0.39 is 6.04 Å². The molecule has 1 unspecified atom stereocenters. The summed E-state index contributed by atoms with van der Waals surface area (Å²) < 4.78 is 1.89. The molecule has 0 aliphatic heterocycles. The van der Waals surface area contributed by atoms with Crippen molar-refractivity contribution in [2.24, 2.45) is 5.92 Å². The largest absolute Gasteiger partial charge is 0.344 e. The van der Waals surface area contributed by atoms with Crippen LogP contribution in [0.25, 0.3) is 5.65 Å². The Morgan fingerprint density at radius 2 is 1.77 bits per heavy atom. The first kappa shape index (κ1) is 21.8. The smallest absolute Gasteiger partial charge is 0.251 e. The number of fused-ring (bicyclic) bond motifs is 1. The van der Waals surface area contributed by atoms with Gasteiger partial charge in [-0.25, -0.2) is 0 Å². The number of carbonyl (C=O) groups is 2. The Kier molecular flexibility index (Phi) is 7.46. The maximum atomic E-state index is 13.2. The fourth-order valence-electron chi connectivity index (χ4n) is 3.21. The van der Waals surface area contributed by atoms with E-state index in [1.165, 1.54) is 0 Å². The second-order valence-corrected chi connectivity index (χ2v) is 8.38. The van der Waals surface area contributed by atoms with Crippen LogP contribution in [0.15, 0.2) is 54.7 Å². The third-order valence-corrected chi connectivity index (χ3v) is 5.49. The lowest BCUT2D eigenvalue weighted by Crippen LogP contribution is -2.50. The van der Waals surface area contributed by atoms with Crippen molar-refractivity contribution in [3.05, 3.63) is 66.1 Å². The molecule has 3 aromatic rings. The van der Waals surface area contributed by atoms with Crippen molar-refractivity contribution in [3.8, 4) is 0 Å². The number of rotatable bonds is 9. The molecule has 0 aliphatic carbocycles. The normalized spacial score (nSPS) is 13.2. The Hall–Kier alpha value is -2.87. The van der Waals surface area contributed by atoms with Crippen molar-refractivity contribution in [2.45, 2.75) is 32.4 Å². The topological polar surface area (TPSA) is 88.4 Å². The van der Waals surface area contributed by atoms with Crippen molar-refractivity contribution in [2.75, 3.05) is 12.0 Å². The van der Waals surface area contributed by atoms with Gasteiger partial charge >= 0.3 is 0 Å². The number of hydrogen-bond acceptors (Lipinski definition) is 5. The molecule has 0 fully saturated rings. The van der Waals surface area contributed by atoms with Crippen LogP contribution in [0.4, 0.5) is 0 Å². The molecule has 0 spiro atoms. The first-order valence-electron chi connectivity index (χ1n) is 9.96. The van der Waals surface area contributed by atoms with Crippen molar-refractivity contribution in [1.29, 1.82) is 0 Å². The molecule has 0 bridgehead atoms. The summed E-state index contributed by atoms with van der Waals surface area (Å²) in [5.41, 5.74) is 1.26. The van der Waals surface area contributed by atoms with Crippen LogP contribution in [0.3, 0.4) is 0 Å². The zero-order valence-corrected chi connectivity index (χ0v) is 18.2. The summed E-state index contributed by atoms with van der Waals surface area (Å²) in [6.45, 7) is 3.83. The van der Waals surface area contributed by atoms with E-state index in [9.17, 15) is 9.59 Å². The third-order valence-electron chi connectivity index (χ3n) is 4.85. The van der Waals surface area contributed by atoms with Crippen LogP contribution in [0, 0.1) is 5.92 Å². The average Bonchev–Trinajstić information content (AvgIpc) is 3.19. The number of aromatic nitrogens is 3. The van der Waals surface area contributed by atoms with Gasteiger partial charge in [-0.1, -0.05) is 38.1 Å². The maximum absolute atomic E-state index is 13.2. The third kappa shape index (κ3) is 5.18. The van der Waals surface area contributed by atoms with Gasteiger partial charge in [0.05, 0.1) is 6.04 Å². The molecule has 2 amide bonds. The maximum Gasteiger partial charge on any atom is 0.251 e. The highest BCUT2D eigenvalue weighted by Gasteiger charge is 2.28. The molecule has 0 aliphatic rings. The predicted octanol–water partition coefficient (Wildman–Crippen LogP) is 3.09. The van der Waals surface area contributed by atoms with E-state index in [1.807, 2.05) is 55.0 Å². The predicted molar refractivity (Wildman–Crippen MR) is 119 cm³/mol. The molecule has 7 nitrogen and oxygen atoms in total. The van der Waals surface area contributed by atoms with E-state index in [1.54, 1.807) is 36.0 Å². The fraction of sp³-hybridized carbons (Fsp3) is 0.364. The van der Waals surface area contributed by atoms with Crippen LogP contribution in [0.1, 0.15) is 42.5 Å². The number of pyridine rings is 1. The Morgan fingerprint density at radius 3 is 2.47 bits per heavy atom. The van der Waals surface area contributed by atoms with Crippen LogP contribution in [0.5, 0.6) is 0 Å². The molecule has 1 aromatic carbocycles.